The highest BCUT2D eigenvalue weighted by Crippen LogP contribution is 2.09. The SMILES string of the molecule is CCCOc1ccnc(NC(C)C(N)=O)n1. The van der Waals surface area contributed by atoms with E-state index in [0.717, 1.165) is 6.42 Å². The maximum absolute atomic E-state index is 10.8. The van der Waals surface area contributed by atoms with Crippen LogP contribution >= 0.6 is 0 Å². The van der Waals surface area contributed by atoms with Gasteiger partial charge in [0.05, 0.1) is 6.61 Å². The number of nitrogens with zero attached hydrogens (tertiary/aromatic N) is 2. The molecule has 16 heavy (non-hydrogen) atoms. The van der Waals surface area contributed by atoms with Crippen LogP contribution < -0.4 is 15.8 Å². The number of aromatic nitrogens is 2. The van der Waals surface area contributed by atoms with Crippen LogP contribution in [-0.2, 0) is 4.79 Å². The van der Waals surface area contributed by atoms with E-state index in [0.29, 0.717) is 18.4 Å². The van der Waals surface area contributed by atoms with Crippen LogP contribution in [0.1, 0.15) is 20.3 Å². The van der Waals surface area contributed by atoms with Crippen molar-refractivity contribution in [3.63, 3.8) is 0 Å². The molecule has 0 aromatic carbocycles. The summed E-state index contributed by atoms with van der Waals surface area (Å²) < 4.78 is 5.33. The van der Waals surface area contributed by atoms with Crippen molar-refractivity contribution in [2.75, 3.05) is 11.9 Å². The van der Waals surface area contributed by atoms with Crippen LogP contribution in [-0.4, -0.2) is 28.5 Å². The Morgan fingerprint density at radius 3 is 3.06 bits per heavy atom. The van der Waals surface area contributed by atoms with E-state index in [9.17, 15) is 4.79 Å². The Bertz CT molecular complexity index is 356. The topological polar surface area (TPSA) is 90.1 Å². The fourth-order valence-corrected chi connectivity index (χ4v) is 0.963. The summed E-state index contributed by atoms with van der Waals surface area (Å²) in [4.78, 5) is 18.9. The third-order valence-electron chi connectivity index (χ3n) is 1.86. The van der Waals surface area contributed by atoms with Crippen molar-refractivity contribution in [1.29, 1.82) is 0 Å². The highest BCUT2D eigenvalue weighted by atomic mass is 16.5. The summed E-state index contributed by atoms with van der Waals surface area (Å²) >= 11 is 0. The van der Waals surface area contributed by atoms with Gasteiger partial charge in [0.2, 0.25) is 17.7 Å². The van der Waals surface area contributed by atoms with E-state index in [1.807, 2.05) is 6.92 Å². The molecule has 0 aliphatic heterocycles. The first-order valence-electron chi connectivity index (χ1n) is 5.15. The number of hydrogen-bond donors (Lipinski definition) is 2. The summed E-state index contributed by atoms with van der Waals surface area (Å²) in [7, 11) is 0. The van der Waals surface area contributed by atoms with E-state index < -0.39 is 11.9 Å². The van der Waals surface area contributed by atoms with Gasteiger partial charge in [-0.2, -0.15) is 4.98 Å². The van der Waals surface area contributed by atoms with E-state index in [1.165, 1.54) is 0 Å². The predicted octanol–water partition coefficient (Wildman–Crippen LogP) is 0.551. The largest absolute Gasteiger partial charge is 0.478 e. The molecule has 1 atom stereocenters. The molecule has 0 saturated heterocycles. The maximum atomic E-state index is 10.8. The van der Waals surface area contributed by atoms with Gasteiger partial charge in [0.25, 0.3) is 0 Å². The molecular weight excluding hydrogens is 208 g/mol. The zero-order valence-corrected chi connectivity index (χ0v) is 9.43. The molecule has 88 valence electrons. The van der Waals surface area contributed by atoms with Gasteiger partial charge < -0.3 is 15.8 Å². The zero-order valence-electron chi connectivity index (χ0n) is 9.43. The number of carbonyl (C=O) groups is 1. The Morgan fingerprint density at radius 1 is 1.69 bits per heavy atom. The van der Waals surface area contributed by atoms with E-state index in [-0.39, 0.29) is 0 Å². The number of anilines is 1. The van der Waals surface area contributed by atoms with Crippen LogP contribution in [0.4, 0.5) is 5.95 Å². The lowest BCUT2D eigenvalue weighted by atomic mass is 10.3. The minimum atomic E-state index is -0.513. The molecule has 0 radical (unpaired) electrons. The number of hydrogen-bond acceptors (Lipinski definition) is 5. The van der Waals surface area contributed by atoms with Gasteiger partial charge in [-0.25, -0.2) is 4.98 Å². The lowest BCUT2D eigenvalue weighted by Gasteiger charge is -2.10. The summed E-state index contributed by atoms with van der Waals surface area (Å²) in [5, 5.41) is 2.78. The second kappa shape index (κ2) is 5.89. The summed E-state index contributed by atoms with van der Waals surface area (Å²) in [6, 6.07) is 1.15. The normalized spacial score (nSPS) is 11.9. The quantitative estimate of drug-likeness (QED) is 0.736. The van der Waals surface area contributed by atoms with E-state index in [1.54, 1.807) is 19.2 Å². The monoisotopic (exact) mass is 224 g/mol. The van der Waals surface area contributed by atoms with Crippen LogP contribution in [0.15, 0.2) is 12.3 Å². The first-order chi connectivity index (χ1) is 7.63. The molecule has 6 heteroatoms. The number of carbonyl (C=O) groups excluding carboxylic acids is 1. The van der Waals surface area contributed by atoms with Crippen molar-refractivity contribution in [3.8, 4) is 5.88 Å². The third-order valence-corrected chi connectivity index (χ3v) is 1.86. The molecule has 0 aliphatic rings. The van der Waals surface area contributed by atoms with Gasteiger partial charge in [0, 0.05) is 12.3 Å². The average molecular weight is 224 g/mol. The van der Waals surface area contributed by atoms with E-state index >= 15 is 0 Å². The molecular formula is C10H16N4O2. The Kier molecular flexibility index (Phi) is 4.50. The minimum Gasteiger partial charge on any atom is -0.478 e. The van der Waals surface area contributed by atoms with Crippen molar-refractivity contribution < 1.29 is 9.53 Å². The number of primary amides is 1. The highest BCUT2D eigenvalue weighted by molar-refractivity contribution is 5.81. The van der Waals surface area contributed by atoms with Crippen LogP contribution in [0, 0.1) is 0 Å². The Balaban J connectivity index is 2.63. The predicted molar refractivity (Wildman–Crippen MR) is 60.1 cm³/mol. The van der Waals surface area contributed by atoms with E-state index in [4.69, 9.17) is 10.5 Å². The molecule has 1 amide bonds. The van der Waals surface area contributed by atoms with Crippen LogP contribution in [0.5, 0.6) is 5.88 Å². The van der Waals surface area contributed by atoms with Gasteiger partial charge in [0.15, 0.2) is 0 Å². The molecule has 0 aliphatic carbocycles. The van der Waals surface area contributed by atoms with Crippen molar-refractivity contribution in [2.24, 2.45) is 5.73 Å². The van der Waals surface area contributed by atoms with Gasteiger partial charge in [-0.1, -0.05) is 6.92 Å². The summed E-state index contributed by atoms with van der Waals surface area (Å²) in [5.74, 6) is 0.361. The highest BCUT2D eigenvalue weighted by Gasteiger charge is 2.09. The molecule has 3 N–H and O–H groups in total. The van der Waals surface area contributed by atoms with Gasteiger partial charge in [-0.3, -0.25) is 4.79 Å². The van der Waals surface area contributed by atoms with Crippen molar-refractivity contribution >= 4 is 11.9 Å². The van der Waals surface area contributed by atoms with Crippen molar-refractivity contribution in [3.05, 3.63) is 12.3 Å². The minimum absolute atomic E-state index is 0.333. The summed E-state index contributed by atoms with van der Waals surface area (Å²) in [5.41, 5.74) is 5.11. The van der Waals surface area contributed by atoms with Gasteiger partial charge in [-0.05, 0) is 13.3 Å². The lowest BCUT2D eigenvalue weighted by Crippen LogP contribution is -2.33. The molecule has 1 aromatic rings. The first-order valence-corrected chi connectivity index (χ1v) is 5.15. The molecule has 0 fully saturated rings. The second-order valence-electron chi connectivity index (χ2n) is 3.34. The molecule has 1 aromatic heterocycles. The van der Waals surface area contributed by atoms with Gasteiger partial charge >= 0.3 is 0 Å². The van der Waals surface area contributed by atoms with Crippen LogP contribution in [0.2, 0.25) is 0 Å². The second-order valence-corrected chi connectivity index (χ2v) is 3.34. The van der Waals surface area contributed by atoms with Crippen LogP contribution in [0.3, 0.4) is 0 Å². The smallest absolute Gasteiger partial charge is 0.239 e. The third kappa shape index (κ3) is 3.72. The lowest BCUT2D eigenvalue weighted by molar-refractivity contribution is -0.118. The number of amides is 1. The molecule has 6 nitrogen and oxygen atoms in total. The van der Waals surface area contributed by atoms with Gasteiger partial charge in [-0.15, -0.1) is 0 Å². The number of rotatable bonds is 6. The van der Waals surface area contributed by atoms with Gasteiger partial charge in [0.1, 0.15) is 6.04 Å². The fraction of sp³-hybridized carbons (Fsp3) is 0.500. The molecule has 1 rings (SSSR count). The number of nitrogens with one attached hydrogen (secondary N) is 1. The molecule has 0 spiro atoms. The Morgan fingerprint density at radius 2 is 2.44 bits per heavy atom. The standard InChI is InChI=1S/C10H16N4O2/c1-3-6-16-8-4-5-12-10(14-8)13-7(2)9(11)15/h4-5,7H,3,6H2,1-2H3,(H2,11,15)(H,12,13,14). The van der Waals surface area contributed by atoms with Crippen LogP contribution in [0.25, 0.3) is 0 Å². The zero-order chi connectivity index (χ0) is 12.0. The average Bonchev–Trinajstić information content (AvgIpc) is 2.26. The summed E-state index contributed by atoms with van der Waals surface area (Å²) in [6.07, 6.45) is 2.47. The van der Waals surface area contributed by atoms with Crippen molar-refractivity contribution in [2.45, 2.75) is 26.3 Å². The number of ether oxygens (including phenoxy) is 1. The Hall–Kier alpha value is -1.85. The molecule has 1 heterocycles. The Labute approximate surface area is 94.2 Å². The van der Waals surface area contributed by atoms with Crippen molar-refractivity contribution in [1.82, 2.24) is 9.97 Å². The number of nitrogens with two attached hydrogens (primary N) is 1. The molecule has 0 bridgehead atoms. The molecule has 1 unspecified atom stereocenters. The first kappa shape index (κ1) is 12.2. The van der Waals surface area contributed by atoms with E-state index in [2.05, 4.69) is 15.3 Å². The molecule has 0 saturated carbocycles. The fourth-order valence-electron chi connectivity index (χ4n) is 0.963. The maximum Gasteiger partial charge on any atom is 0.239 e. The summed E-state index contributed by atoms with van der Waals surface area (Å²) in [6.45, 7) is 4.25.